The summed E-state index contributed by atoms with van der Waals surface area (Å²) in [5.74, 6) is -0.304. The van der Waals surface area contributed by atoms with E-state index in [9.17, 15) is 4.79 Å². The van der Waals surface area contributed by atoms with Gasteiger partial charge in [0, 0.05) is 3.57 Å². The number of benzene rings is 2. The average Bonchev–Trinajstić information content (AvgIpc) is 2.64. The molecule has 0 saturated carbocycles. The van der Waals surface area contributed by atoms with Gasteiger partial charge in [-0.2, -0.15) is 0 Å². The van der Waals surface area contributed by atoms with E-state index in [2.05, 4.69) is 54.6 Å². The summed E-state index contributed by atoms with van der Waals surface area (Å²) in [6.45, 7) is 4.67. The van der Waals surface area contributed by atoms with Gasteiger partial charge in [0.2, 0.25) is 0 Å². The van der Waals surface area contributed by atoms with E-state index in [0.717, 1.165) is 14.7 Å². The van der Waals surface area contributed by atoms with Gasteiger partial charge in [-0.05, 0) is 60.2 Å². The predicted molar refractivity (Wildman–Crippen MR) is 88.2 cm³/mol. The molecule has 0 unspecified atom stereocenters. The summed E-state index contributed by atoms with van der Waals surface area (Å²) in [4.78, 5) is 12.0. The molecule has 2 aromatic carbocycles. The van der Waals surface area contributed by atoms with Crippen LogP contribution in [0.15, 0.2) is 45.6 Å². The molecule has 0 radical (unpaired) electrons. The normalized spacial score (nSPS) is 11.2. The number of hydrogen-bond donors (Lipinski definition) is 0. The van der Waals surface area contributed by atoms with Crippen LogP contribution in [0.25, 0.3) is 11.1 Å². The maximum atomic E-state index is 12.0. The molecule has 0 fully saturated rings. The van der Waals surface area contributed by atoms with Crippen molar-refractivity contribution in [2.45, 2.75) is 20.4 Å². The lowest BCUT2D eigenvalue weighted by atomic mass is 10.1. The topological polar surface area (TPSA) is 35.1 Å². The second-order valence-electron chi connectivity index (χ2n) is 5.06. The lowest BCUT2D eigenvalue weighted by molar-refractivity contribution is 0.517. The van der Waals surface area contributed by atoms with Crippen molar-refractivity contribution in [3.05, 3.63) is 67.2 Å². The average molecular weight is 379 g/mol. The summed E-state index contributed by atoms with van der Waals surface area (Å²) >= 11 is 2.21. The molecule has 3 rings (SSSR count). The predicted octanol–water partition coefficient (Wildman–Crippen LogP) is 3.86. The van der Waals surface area contributed by atoms with Crippen LogP contribution in [-0.4, -0.2) is 4.57 Å². The van der Waals surface area contributed by atoms with Gasteiger partial charge in [-0.15, -0.1) is 0 Å². The fraction of sp³-hybridized carbons (Fsp3) is 0.188. The first-order chi connectivity index (χ1) is 9.52. The second-order valence-corrected chi connectivity index (χ2v) is 6.31. The molecule has 0 saturated heterocycles. The summed E-state index contributed by atoms with van der Waals surface area (Å²) in [5.41, 5.74) is 5.01. The van der Waals surface area contributed by atoms with Gasteiger partial charge >= 0.3 is 5.76 Å². The number of fused-ring (bicyclic) bond motifs is 1. The van der Waals surface area contributed by atoms with E-state index < -0.39 is 0 Å². The third-order valence-corrected chi connectivity index (χ3v) is 3.92. The molecule has 0 bridgehead atoms. The highest BCUT2D eigenvalue weighted by Gasteiger charge is 2.10. The van der Waals surface area contributed by atoms with Crippen LogP contribution < -0.4 is 5.76 Å². The van der Waals surface area contributed by atoms with Crippen molar-refractivity contribution in [3.63, 3.8) is 0 Å². The highest BCUT2D eigenvalue weighted by Crippen LogP contribution is 2.18. The van der Waals surface area contributed by atoms with E-state index in [0.29, 0.717) is 12.1 Å². The second kappa shape index (κ2) is 5.09. The summed E-state index contributed by atoms with van der Waals surface area (Å²) < 4.78 is 8.05. The third kappa shape index (κ3) is 2.52. The summed E-state index contributed by atoms with van der Waals surface area (Å²) in [6.07, 6.45) is 0. The molecule has 20 heavy (non-hydrogen) atoms. The lowest BCUT2D eigenvalue weighted by Gasteiger charge is -2.06. The van der Waals surface area contributed by atoms with Gasteiger partial charge in [0.25, 0.3) is 0 Å². The highest BCUT2D eigenvalue weighted by molar-refractivity contribution is 14.1. The Morgan fingerprint density at radius 1 is 1.10 bits per heavy atom. The fourth-order valence-corrected chi connectivity index (χ4v) is 3.00. The molecular weight excluding hydrogens is 365 g/mol. The minimum atomic E-state index is -0.304. The first-order valence-corrected chi connectivity index (χ1v) is 7.47. The first-order valence-electron chi connectivity index (χ1n) is 6.39. The maximum Gasteiger partial charge on any atom is 0.420 e. The zero-order chi connectivity index (χ0) is 14.3. The largest absolute Gasteiger partial charge is 0.420 e. The lowest BCUT2D eigenvalue weighted by Crippen LogP contribution is -2.15. The Bertz CT molecular complexity index is 825. The summed E-state index contributed by atoms with van der Waals surface area (Å²) in [6, 6.07) is 12.1. The van der Waals surface area contributed by atoms with Gasteiger partial charge in [-0.25, -0.2) is 4.79 Å². The summed E-state index contributed by atoms with van der Waals surface area (Å²) in [7, 11) is 0. The zero-order valence-electron chi connectivity index (χ0n) is 11.3. The first kappa shape index (κ1) is 13.4. The summed E-state index contributed by atoms with van der Waals surface area (Å²) in [5, 5.41) is 0. The van der Waals surface area contributed by atoms with Crippen molar-refractivity contribution in [2.24, 2.45) is 0 Å². The van der Waals surface area contributed by atoms with Gasteiger partial charge in [-0.3, -0.25) is 4.57 Å². The van der Waals surface area contributed by atoms with Crippen LogP contribution in [0.1, 0.15) is 16.7 Å². The van der Waals surface area contributed by atoms with Crippen LogP contribution in [0.2, 0.25) is 0 Å². The number of halogens is 1. The standard InChI is InChI=1S/C16H14INO2/c1-10-5-11(2)7-12(6-10)9-18-14-4-3-13(17)8-15(14)20-16(18)19/h3-8H,9H2,1-2H3. The molecule has 0 aliphatic carbocycles. The molecule has 0 N–H and O–H groups in total. The molecular formula is C16H14INO2. The minimum absolute atomic E-state index is 0.304. The molecule has 3 nitrogen and oxygen atoms in total. The van der Waals surface area contributed by atoms with Crippen LogP contribution in [0.5, 0.6) is 0 Å². The number of aryl methyl sites for hydroxylation is 2. The molecule has 0 aliphatic rings. The molecule has 3 aromatic rings. The van der Waals surface area contributed by atoms with Gasteiger partial charge in [0.15, 0.2) is 5.58 Å². The number of hydrogen-bond acceptors (Lipinski definition) is 2. The monoisotopic (exact) mass is 379 g/mol. The molecule has 102 valence electrons. The SMILES string of the molecule is Cc1cc(C)cc(Cn2c(=O)oc3cc(I)ccc32)c1. The number of oxazole rings is 1. The molecule has 0 atom stereocenters. The van der Waals surface area contributed by atoms with Crippen LogP contribution in [0.4, 0.5) is 0 Å². The molecule has 0 aliphatic heterocycles. The molecule has 4 heteroatoms. The van der Waals surface area contributed by atoms with Crippen LogP contribution in [0.3, 0.4) is 0 Å². The van der Waals surface area contributed by atoms with Gasteiger partial charge in [0.05, 0.1) is 12.1 Å². The smallest absolute Gasteiger partial charge is 0.408 e. The van der Waals surface area contributed by atoms with E-state index >= 15 is 0 Å². The zero-order valence-corrected chi connectivity index (χ0v) is 13.5. The maximum absolute atomic E-state index is 12.0. The van der Waals surface area contributed by atoms with Gasteiger partial charge in [-0.1, -0.05) is 29.3 Å². The van der Waals surface area contributed by atoms with Crippen molar-refractivity contribution in [2.75, 3.05) is 0 Å². The van der Waals surface area contributed by atoms with Crippen molar-refractivity contribution >= 4 is 33.7 Å². The van der Waals surface area contributed by atoms with Gasteiger partial charge in [0.1, 0.15) is 0 Å². The van der Waals surface area contributed by atoms with Crippen molar-refractivity contribution in [3.8, 4) is 0 Å². The van der Waals surface area contributed by atoms with E-state index in [-0.39, 0.29) is 5.76 Å². The Kier molecular flexibility index (Phi) is 3.41. The quantitative estimate of drug-likeness (QED) is 0.634. The number of rotatable bonds is 2. The molecule has 0 amide bonds. The molecule has 0 spiro atoms. The van der Waals surface area contributed by atoms with Crippen LogP contribution >= 0.6 is 22.6 Å². The third-order valence-electron chi connectivity index (χ3n) is 3.25. The number of aromatic nitrogens is 1. The Balaban J connectivity index is 2.10. The molecule has 1 aromatic heterocycles. The van der Waals surface area contributed by atoms with Crippen molar-refractivity contribution in [1.29, 1.82) is 0 Å². The van der Waals surface area contributed by atoms with Crippen LogP contribution in [-0.2, 0) is 6.54 Å². The van der Waals surface area contributed by atoms with Crippen molar-refractivity contribution < 1.29 is 4.42 Å². The Morgan fingerprint density at radius 3 is 2.50 bits per heavy atom. The number of nitrogens with zero attached hydrogens (tertiary/aromatic N) is 1. The Morgan fingerprint density at radius 2 is 1.80 bits per heavy atom. The Hall–Kier alpha value is -1.56. The van der Waals surface area contributed by atoms with E-state index in [1.165, 1.54) is 11.1 Å². The Labute approximate surface area is 130 Å². The van der Waals surface area contributed by atoms with E-state index in [4.69, 9.17) is 4.42 Å². The van der Waals surface area contributed by atoms with E-state index in [1.54, 1.807) is 4.57 Å². The highest BCUT2D eigenvalue weighted by atomic mass is 127. The van der Waals surface area contributed by atoms with Crippen LogP contribution in [0, 0.1) is 17.4 Å². The minimum Gasteiger partial charge on any atom is -0.408 e. The van der Waals surface area contributed by atoms with E-state index in [1.807, 2.05) is 18.2 Å². The van der Waals surface area contributed by atoms with Gasteiger partial charge < -0.3 is 4.42 Å². The fourth-order valence-electron chi connectivity index (χ4n) is 2.53. The van der Waals surface area contributed by atoms with Crippen molar-refractivity contribution in [1.82, 2.24) is 4.57 Å². The molecule has 1 heterocycles.